The van der Waals surface area contributed by atoms with Crippen molar-refractivity contribution in [1.29, 1.82) is 0 Å². The molecular weight excluding hydrogens is 360 g/mol. The molecule has 0 unspecified atom stereocenters. The Morgan fingerprint density at radius 1 is 0.655 bits per heavy atom. The standard InChI is InChI=1S/C26H24O3/c1-18-9-15-24(29-18)26(22-14-16-23(27-2)25(17-22)28-3)21-12-10-20(11-13-21)19-7-5-4-6-8-19/h4-17,26H,1-3H3/t26-/m1/s1. The third-order valence-corrected chi connectivity index (χ3v) is 5.14. The van der Waals surface area contributed by atoms with Crippen molar-refractivity contribution in [2.45, 2.75) is 12.8 Å². The van der Waals surface area contributed by atoms with Crippen molar-refractivity contribution in [1.82, 2.24) is 0 Å². The lowest BCUT2D eigenvalue weighted by Crippen LogP contribution is -2.03. The van der Waals surface area contributed by atoms with E-state index in [1.54, 1.807) is 14.2 Å². The molecule has 4 rings (SSSR count). The van der Waals surface area contributed by atoms with E-state index in [1.807, 2.05) is 37.3 Å². The molecule has 0 aliphatic carbocycles. The zero-order valence-electron chi connectivity index (χ0n) is 16.9. The highest BCUT2D eigenvalue weighted by atomic mass is 16.5. The number of rotatable bonds is 6. The topological polar surface area (TPSA) is 31.6 Å². The van der Waals surface area contributed by atoms with Crippen LogP contribution in [0.5, 0.6) is 11.5 Å². The van der Waals surface area contributed by atoms with Gasteiger partial charge in [-0.3, -0.25) is 0 Å². The van der Waals surface area contributed by atoms with E-state index >= 15 is 0 Å². The van der Waals surface area contributed by atoms with E-state index < -0.39 is 0 Å². The van der Waals surface area contributed by atoms with Crippen LogP contribution in [0.1, 0.15) is 28.6 Å². The Kier molecular flexibility index (Phi) is 5.39. The summed E-state index contributed by atoms with van der Waals surface area (Å²) < 4.78 is 17.0. The molecule has 0 fully saturated rings. The summed E-state index contributed by atoms with van der Waals surface area (Å²) >= 11 is 0. The van der Waals surface area contributed by atoms with E-state index in [4.69, 9.17) is 13.9 Å². The second-order valence-corrected chi connectivity index (χ2v) is 6.98. The van der Waals surface area contributed by atoms with Gasteiger partial charge in [-0.25, -0.2) is 0 Å². The molecule has 0 amide bonds. The molecule has 0 bridgehead atoms. The second kappa shape index (κ2) is 8.27. The van der Waals surface area contributed by atoms with Crippen molar-refractivity contribution in [3.8, 4) is 22.6 Å². The van der Waals surface area contributed by atoms with Gasteiger partial charge in [-0.2, -0.15) is 0 Å². The first-order valence-electron chi connectivity index (χ1n) is 9.63. The number of hydrogen-bond acceptors (Lipinski definition) is 3. The molecule has 4 aromatic rings. The molecule has 1 atom stereocenters. The van der Waals surface area contributed by atoms with Crippen molar-refractivity contribution in [2.24, 2.45) is 0 Å². The van der Waals surface area contributed by atoms with Crippen LogP contribution in [0, 0.1) is 6.92 Å². The van der Waals surface area contributed by atoms with Gasteiger partial charge in [0.1, 0.15) is 11.5 Å². The minimum absolute atomic E-state index is 0.0340. The molecule has 0 aliphatic rings. The Bertz CT molecular complexity index is 1080. The zero-order chi connectivity index (χ0) is 20.2. The van der Waals surface area contributed by atoms with Gasteiger partial charge in [0, 0.05) is 0 Å². The Morgan fingerprint density at radius 2 is 1.31 bits per heavy atom. The van der Waals surface area contributed by atoms with Crippen LogP contribution in [-0.4, -0.2) is 14.2 Å². The Morgan fingerprint density at radius 3 is 1.93 bits per heavy atom. The number of furan rings is 1. The smallest absolute Gasteiger partial charge is 0.161 e. The molecule has 3 heteroatoms. The second-order valence-electron chi connectivity index (χ2n) is 6.98. The summed E-state index contributed by atoms with van der Waals surface area (Å²) in [6.07, 6.45) is 0. The van der Waals surface area contributed by atoms with Gasteiger partial charge in [0.05, 0.1) is 20.1 Å². The molecule has 0 radical (unpaired) electrons. The summed E-state index contributed by atoms with van der Waals surface area (Å²) in [6, 6.07) is 29.1. The highest BCUT2D eigenvalue weighted by Gasteiger charge is 2.22. The molecule has 0 spiro atoms. The maximum absolute atomic E-state index is 6.03. The Labute approximate surface area is 171 Å². The van der Waals surface area contributed by atoms with Crippen molar-refractivity contribution in [2.75, 3.05) is 14.2 Å². The SMILES string of the molecule is COc1ccc([C@@H](c2ccc(-c3ccccc3)cc2)c2ccc(C)o2)cc1OC. The lowest BCUT2D eigenvalue weighted by molar-refractivity contribution is 0.354. The van der Waals surface area contributed by atoms with Crippen LogP contribution in [0.4, 0.5) is 0 Å². The highest BCUT2D eigenvalue weighted by molar-refractivity contribution is 5.64. The first kappa shape index (κ1) is 18.9. The molecule has 146 valence electrons. The normalized spacial score (nSPS) is 11.8. The van der Waals surface area contributed by atoms with Crippen LogP contribution in [0.3, 0.4) is 0 Å². The largest absolute Gasteiger partial charge is 0.493 e. The van der Waals surface area contributed by atoms with Gasteiger partial charge < -0.3 is 13.9 Å². The third-order valence-electron chi connectivity index (χ3n) is 5.14. The Balaban J connectivity index is 1.78. The third kappa shape index (κ3) is 3.90. The molecule has 3 aromatic carbocycles. The van der Waals surface area contributed by atoms with Gasteiger partial charge in [-0.05, 0) is 53.4 Å². The minimum Gasteiger partial charge on any atom is -0.493 e. The maximum Gasteiger partial charge on any atom is 0.161 e. The zero-order valence-corrected chi connectivity index (χ0v) is 16.9. The number of hydrogen-bond donors (Lipinski definition) is 0. The van der Waals surface area contributed by atoms with Crippen LogP contribution in [-0.2, 0) is 0 Å². The fourth-order valence-electron chi connectivity index (χ4n) is 3.66. The van der Waals surface area contributed by atoms with E-state index in [9.17, 15) is 0 Å². The molecule has 0 aliphatic heterocycles. The molecule has 29 heavy (non-hydrogen) atoms. The summed E-state index contributed by atoms with van der Waals surface area (Å²) in [7, 11) is 3.30. The predicted molar refractivity (Wildman–Crippen MR) is 116 cm³/mol. The van der Waals surface area contributed by atoms with Gasteiger partial charge in [0.15, 0.2) is 11.5 Å². The average Bonchev–Trinajstić information content (AvgIpc) is 3.20. The highest BCUT2D eigenvalue weighted by Crippen LogP contribution is 2.38. The van der Waals surface area contributed by atoms with Gasteiger partial charge >= 0.3 is 0 Å². The number of benzene rings is 3. The summed E-state index contributed by atoms with van der Waals surface area (Å²) in [5.74, 6) is 3.19. The fraction of sp³-hybridized carbons (Fsp3) is 0.154. The summed E-state index contributed by atoms with van der Waals surface area (Å²) in [5, 5.41) is 0. The predicted octanol–water partition coefficient (Wildman–Crippen LogP) is 6.45. The van der Waals surface area contributed by atoms with Crippen molar-refractivity contribution in [3.63, 3.8) is 0 Å². The van der Waals surface area contributed by atoms with Crippen molar-refractivity contribution < 1.29 is 13.9 Å². The van der Waals surface area contributed by atoms with Gasteiger partial charge in [0.25, 0.3) is 0 Å². The fourth-order valence-corrected chi connectivity index (χ4v) is 3.66. The number of ether oxygens (including phenoxy) is 2. The summed E-state index contributed by atoms with van der Waals surface area (Å²) in [5.41, 5.74) is 4.64. The molecule has 1 heterocycles. The summed E-state index contributed by atoms with van der Waals surface area (Å²) in [6.45, 7) is 1.97. The van der Waals surface area contributed by atoms with Crippen molar-refractivity contribution >= 4 is 0 Å². The number of methoxy groups -OCH3 is 2. The molecule has 3 nitrogen and oxygen atoms in total. The van der Waals surface area contributed by atoms with E-state index in [-0.39, 0.29) is 5.92 Å². The number of aryl methyl sites for hydroxylation is 1. The van der Waals surface area contributed by atoms with Crippen molar-refractivity contribution in [3.05, 3.63) is 108 Å². The van der Waals surface area contributed by atoms with Gasteiger partial charge in [-0.15, -0.1) is 0 Å². The molecular formula is C26H24O3. The first-order valence-corrected chi connectivity index (χ1v) is 9.63. The van der Waals surface area contributed by atoms with E-state index in [0.29, 0.717) is 11.5 Å². The lowest BCUT2D eigenvalue weighted by atomic mass is 9.88. The van der Waals surface area contributed by atoms with Gasteiger partial charge in [-0.1, -0.05) is 60.7 Å². The minimum atomic E-state index is -0.0340. The molecule has 0 saturated carbocycles. The average molecular weight is 384 g/mol. The van der Waals surface area contributed by atoms with E-state index in [1.165, 1.54) is 11.1 Å². The van der Waals surface area contributed by atoms with Crippen LogP contribution in [0.25, 0.3) is 11.1 Å². The lowest BCUT2D eigenvalue weighted by Gasteiger charge is -2.18. The maximum atomic E-state index is 6.03. The first-order chi connectivity index (χ1) is 14.2. The van der Waals surface area contributed by atoms with Crippen LogP contribution < -0.4 is 9.47 Å². The summed E-state index contributed by atoms with van der Waals surface area (Å²) in [4.78, 5) is 0. The van der Waals surface area contributed by atoms with E-state index in [2.05, 4.69) is 54.6 Å². The van der Waals surface area contributed by atoms with Crippen LogP contribution in [0.2, 0.25) is 0 Å². The Hall–Kier alpha value is -3.46. The van der Waals surface area contributed by atoms with Gasteiger partial charge in [0.2, 0.25) is 0 Å². The monoisotopic (exact) mass is 384 g/mol. The quantitative estimate of drug-likeness (QED) is 0.383. The van der Waals surface area contributed by atoms with Crippen LogP contribution in [0.15, 0.2) is 89.3 Å². The van der Waals surface area contributed by atoms with E-state index in [0.717, 1.165) is 22.6 Å². The van der Waals surface area contributed by atoms with Crippen LogP contribution >= 0.6 is 0 Å². The molecule has 1 aromatic heterocycles. The molecule has 0 N–H and O–H groups in total. The molecule has 0 saturated heterocycles.